The first kappa shape index (κ1) is 25.8. The molecular weight excluding hydrogens is 470 g/mol. The number of carbonyl (C=O) groups excluding carboxylic acids is 2. The summed E-state index contributed by atoms with van der Waals surface area (Å²) in [6, 6.07) is 20.3. The SMILES string of the molecule is COC(=O)c1ccc2c(c1)NC(=O)C2C(=Nc1ccc(CN(C)C)cc1)c1ccc(CCC(=O)O)cc1. The molecule has 1 aliphatic heterocycles. The maximum absolute atomic E-state index is 13.2. The van der Waals surface area contributed by atoms with Gasteiger partial charge < -0.3 is 20.1 Å². The molecule has 190 valence electrons. The Balaban J connectivity index is 1.75. The molecule has 0 spiro atoms. The number of esters is 1. The third-order valence-electron chi connectivity index (χ3n) is 6.14. The molecule has 0 aromatic heterocycles. The van der Waals surface area contributed by atoms with Crippen LogP contribution in [-0.4, -0.2) is 54.8 Å². The zero-order chi connectivity index (χ0) is 26.5. The zero-order valence-electron chi connectivity index (χ0n) is 21.0. The van der Waals surface area contributed by atoms with Crippen LogP contribution in [0.1, 0.15) is 45.0 Å². The molecule has 0 saturated carbocycles. The number of aliphatic imine (C=N–C) groups is 1. The second-order valence-electron chi connectivity index (χ2n) is 9.21. The predicted molar refractivity (Wildman–Crippen MR) is 142 cm³/mol. The molecule has 1 aliphatic rings. The molecule has 8 nitrogen and oxygen atoms in total. The Morgan fingerprint density at radius 1 is 0.973 bits per heavy atom. The topological polar surface area (TPSA) is 108 Å². The molecule has 1 atom stereocenters. The Labute approximate surface area is 215 Å². The molecule has 4 rings (SSSR count). The monoisotopic (exact) mass is 499 g/mol. The van der Waals surface area contributed by atoms with Crippen molar-refractivity contribution in [2.45, 2.75) is 25.3 Å². The molecular formula is C29H29N3O5. The average molecular weight is 500 g/mol. The lowest BCUT2D eigenvalue weighted by molar-refractivity contribution is -0.137. The fourth-order valence-corrected chi connectivity index (χ4v) is 4.35. The van der Waals surface area contributed by atoms with Crippen molar-refractivity contribution in [1.82, 2.24) is 4.90 Å². The molecule has 0 fully saturated rings. The number of amides is 1. The third-order valence-corrected chi connectivity index (χ3v) is 6.14. The van der Waals surface area contributed by atoms with Gasteiger partial charge in [0.1, 0.15) is 5.92 Å². The minimum Gasteiger partial charge on any atom is -0.481 e. The van der Waals surface area contributed by atoms with Gasteiger partial charge in [0.2, 0.25) is 5.91 Å². The van der Waals surface area contributed by atoms with Gasteiger partial charge >= 0.3 is 11.9 Å². The molecule has 0 aliphatic carbocycles. The number of nitrogens with zero attached hydrogens (tertiary/aromatic N) is 2. The van der Waals surface area contributed by atoms with E-state index in [9.17, 15) is 14.4 Å². The molecule has 0 bridgehead atoms. The number of benzene rings is 3. The van der Waals surface area contributed by atoms with Crippen molar-refractivity contribution in [2.24, 2.45) is 4.99 Å². The van der Waals surface area contributed by atoms with Crippen LogP contribution in [0.4, 0.5) is 11.4 Å². The normalized spacial score (nSPS) is 14.9. The molecule has 3 aromatic carbocycles. The highest BCUT2D eigenvalue weighted by molar-refractivity contribution is 6.24. The van der Waals surface area contributed by atoms with Gasteiger partial charge in [-0.1, -0.05) is 42.5 Å². The minimum atomic E-state index is -0.852. The summed E-state index contributed by atoms with van der Waals surface area (Å²) < 4.78 is 4.81. The number of ether oxygens (including phenoxy) is 1. The van der Waals surface area contributed by atoms with E-state index in [0.29, 0.717) is 29.1 Å². The van der Waals surface area contributed by atoms with Crippen LogP contribution in [0.3, 0.4) is 0 Å². The number of aliphatic carboxylic acids is 1. The molecule has 8 heteroatoms. The number of methoxy groups -OCH3 is 1. The molecule has 0 radical (unpaired) electrons. The van der Waals surface area contributed by atoms with E-state index in [4.69, 9.17) is 14.8 Å². The van der Waals surface area contributed by atoms with Crippen molar-refractivity contribution < 1.29 is 24.2 Å². The number of carboxylic acid groups (broad SMARTS) is 1. The molecule has 3 aromatic rings. The van der Waals surface area contributed by atoms with E-state index in [1.54, 1.807) is 18.2 Å². The number of nitrogens with one attached hydrogen (secondary N) is 1. The molecule has 1 amide bonds. The summed E-state index contributed by atoms with van der Waals surface area (Å²) in [4.78, 5) is 43.2. The van der Waals surface area contributed by atoms with Crippen LogP contribution < -0.4 is 5.32 Å². The van der Waals surface area contributed by atoms with E-state index in [1.807, 2.05) is 62.6 Å². The van der Waals surface area contributed by atoms with Crippen LogP contribution in [0.25, 0.3) is 0 Å². The highest BCUT2D eigenvalue weighted by Gasteiger charge is 2.36. The van der Waals surface area contributed by atoms with Crippen molar-refractivity contribution in [1.29, 1.82) is 0 Å². The number of anilines is 1. The minimum absolute atomic E-state index is 0.0422. The Kier molecular flexibility index (Phi) is 7.79. The van der Waals surface area contributed by atoms with Gasteiger partial charge in [0.25, 0.3) is 0 Å². The van der Waals surface area contributed by atoms with Gasteiger partial charge in [-0.05, 0) is 67.0 Å². The van der Waals surface area contributed by atoms with E-state index in [2.05, 4.69) is 10.2 Å². The van der Waals surface area contributed by atoms with Crippen molar-refractivity contribution in [3.8, 4) is 0 Å². The van der Waals surface area contributed by atoms with Crippen molar-refractivity contribution in [3.63, 3.8) is 0 Å². The Morgan fingerprint density at radius 3 is 2.24 bits per heavy atom. The number of rotatable bonds is 9. The summed E-state index contributed by atoms with van der Waals surface area (Å²) in [5.41, 5.74) is 5.67. The highest BCUT2D eigenvalue weighted by Crippen LogP contribution is 2.37. The third kappa shape index (κ3) is 6.10. The summed E-state index contributed by atoms with van der Waals surface area (Å²) >= 11 is 0. The van der Waals surface area contributed by atoms with E-state index in [-0.39, 0.29) is 12.3 Å². The second-order valence-corrected chi connectivity index (χ2v) is 9.21. The summed E-state index contributed by atoms with van der Waals surface area (Å²) in [5.74, 6) is -2.26. The summed E-state index contributed by atoms with van der Waals surface area (Å²) in [6.07, 6.45) is 0.457. The fourth-order valence-electron chi connectivity index (χ4n) is 4.35. The van der Waals surface area contributed by atoms with E-state index in [1.165, 1.54) is 7.11 Å². The van der Waals surface area contributed by atoms with Crippen LogP contribution in [0.15, 0.2) is 71.7 Å². The van der Waals surface area contributed by atoms with Gasteiger partial charge in [-0.2, -0.15) is 0 Å². The van der Waals surface area contributed by atoms with E-state index < -0.39 is 17.9 Å². The maximum Gasteiger partial charge on any atom is 0.337 e. The van der Waals surface area contributed by atoms with Gasteiger partial charge in [0.05, 0.1) is 24.1 Å². The van der Waals surface area contributed by atoms with Crippen molar-refractivity contribution in [3.05, 3.63) is 94.5 Å². The lowest BCUT2D eigenvalue weighted by Crippen LogP contribution is -2.22. The quantitative estimate of drug-likeness (QED) is 0.334. The van der Waals surface area contributed by atoms with Gasteiger partial charge in [-0.25, -0.2) is 4.79 Å². The number of hydrogen-bond acceptors (Lipinski definition) is 6. The molecule has 2 N–H and O–H groups in total. The number of fused-ring (bicyclic) bond motifs is 1. The van der Waals surface area contributed by atoms with Gasteiger partial charge in [-0.15, -0.1) is 0 Å². The van der Waals surface area contributed by atoms with E-state index in [0.717, 1.165) is 28.8 Å². The summed E-state index contributed by atoms with van der Waals surface area (Å²) in [7, 11) is 5.32. The lowest BCUT2D eigenvalue weighted by Gasteiger charge is -2.15. The fraction of sp³-hybridized carbons (Fsp3) is 0.241. The Hall–Kier alpha value is -4.30. The number of hydrogen-bond donors (Lipinski definition) is 2. The summed E-state index contributed by atoms with van der Waals surface area (Å²) in [5, 5.41) is 11.9. The first-order chi connectivity index (χ1) is 17.7. The first-order valence-corrected chi connectivity index (χ1v) is 11.9. The molecule has 1 heterocycles. The first-order valence-electron chi connectivity index (χ1n) is 11.9. The van der Waals surface area contributed by atoms with Gasteiger partial charge in [-0.3, -0.25) is 14.6 Å². The van der Waals surface area contributed by atoms with Crippen LogP contribution in [0.5, 0.6) is 0 Å². The average Bonchev–Trinajstić information content (AvgIpc) is 3.21. The van der Waals surface area contributed by atoms with Crippen LogP contribution in [0.2, 0.25) is 0 Å². The van der Waals surface area contributed by atoms with Crippen LogP contribution in [0, 0.1) is 0 Å². The van der Waals surface area contributed by atoms with Crippen LogP contribution >= 0.6 is 0 Å². The largest absolute Gasteiger partial charge is 0.481 e. The molecule has 0 saturated heterocycles. The zero-order valence-corrected chi connectivity index (χ0v) is 21.0. The summed E-state index contributed by atoms with van der Waals surface area (Å²) in [6.45, 7) is 0.801. The Bertz CT molecular complexity index is 1340. The second kappa shape index (κ2) is 11.2. The molecule has 1 unspecified atom stereocenters. The maximum atomic E-state index is 13.2. The lowest BCUT2D eigenvalue weighted by atomic mass is 9.89. The molecule has 37 heavy (non-hydrogen) atoms. The van der Waals surface area contributed by atoms with Gasteiger partial charge in [0, 0.05) is 18.7 Å². The Morgan fingerprint density at radius 2 is 1.62 bits per heavy atom. The predicted octanol–water partition coefficient (Wildman–Crippen LogP) is 4.41. The smallest absolute Gasteiger partial charge is 0.337 e. The van der Waals surface area contributed by atoms with E-state index >= 15 is 0 Å². The highest BCUT2D eigenvalue weighted by atomic mass is 16.5. The standard InChI is InChI=1S/C29H29N3O5/c1-32(2)17-19-6-12-22(13-7-19)30-27(20-9-4-18(5-10-20)8-15-25(33)34)26-23-14-11-21(29(36)37-3)16-24(23)31-28(26)35/h4-7,9-14,16,26H,8,15,17H2,1-3H3,(H,31,35)(H,33,34). The van der Waals surface area contributed by atoms with Crippen LogP contribution in [-0.2, 0) is 27.3 Å². The van der Waals surface area contributed by atoms with Crippen molar-refractivity contribution >= 4 is 34.9 Å². The number of carbonyl (C=O) groups is 3. The van der Waals surface area contributed by atoms with Crippen molar-refractivity contribution in [2.75, 3.05) is 26.5 Å². The van der Waals surface area contributed by atoms with Gasteiger partial charge in [0.15, 0.2) is 0 Å². The number of aryl methyl sites for hydroxylation is 1. The number of carboxylic acids is 1.